The number of nitrogens with zero attached hydrogens (tertiary/aromatic N) is 1. The van der Waals surface area contributed by atoms with E-state index in [1.807, 2.05) is 6.92 Å². The second kappa shape index (κ2) is 7.96. The molecule has 8 heteroatoms. The molecule has 0 radical (unpaired) electrons. The first-order valence-corrected chi connectivity index (χ1v) is 8.61. The van der Waals surface area contributed by atoms with Crippen molar-refractivity contribution in [1.29, 1.82) is 0 Å². The Morgan fingerprint density at radius 2 is 1.75 bits per heavy atom. The summed E-state index contributed by atoms with van der Waals surface area (Å²) in [4.78, 5) is 48.3. The van der Waals surface area contributed by atoms with Gasteiger partial charge in [0.1, 0.15) is 0 Å². The largest absolute Gasteiger partial charge is 0.358 e. The quantitative estimate of drug-likeness (QED) is 0.685. The first kappa shape index (κ1) is 18.0. The van der Waals surface area contributed by atoms with E-state index in [0.29, 0.717) is 11.1 Å². The number of nitrogens with one attached hydrogen (secondary N) is 2. The lowest BCUT2D eigenvalue weighted by atomic mass is 10.1. The van der Waals surface area contributed by atoms with Crippen molar-refractivity contribution in [3.8, 4) is 0 Å². The molecule has 4 amide bonds. The minimum atomic E-state index is -0.335. The summed E-state index contributed by atoms with van der Waals surface area (Å²) in [5, 5.41) is 5.11. The fourth-order valence-electron chi connectivity index (χ4n) is 2.27. The van der Waals surface area contributed by atoms with Crippen LogP contribution in [0.3, 0.4) is 0 Å². The molecule has 0 spiro atoms. The standard InChI is InChI=1S/C16H19N3O4S/c1-10-3-4-11-12(7-10)16(23)19(15(11)22)6-5-18-14(21)9-24-8-13(20)17-2/h3-4,7H,5-6,8-9H2,1-2H3,(H,17,20)(H,18,21). The molecule has 1 aromatic rings. The van der Waals surface area contributed by atoms with Crippen LogP contribution in [-0.2, 0) is 9.59 Å². The second-order valence-electron chi connectivity index (χ2n) is 5.33. The number of fused-ring (bicyclic) bond motifs is 1. The van der Waals surface area contributed by atoms with Crippen molar-refractivity contribution in [2.24, 2.45) is 0 Å². The van der Waals surface area contributed by atoms with Crippen LogP contribution in [0.15, 0.2) is 18.2 Å². The van der Waals surface area contributed by atoms with E-state index in [1.54, 1.807) is 18.2 Å². The Bertz CT molecular complexity index is 690. The lowest BCUT2D eigenvalue weighted by Gasteiger charge is -2.14. The van der Waals surface area contributed by atoms with Crippen LogP contribution in [0.5, 0.6) is 0 Å². The van der Waals surface area contributed by atoms with Gasteiger partial charge in [0, 0.05) is 20.1 Å². The van der Waals surface area contributed by atoms with Crippen molar-refractivity contribution in [2.75, 3.05) is 31.6 Å². The molecule has 0 saturated carbocycles. The molecule has 0 bridgehead atoms. The highest BCUT2D eigenvalue weighted by Crippen LogP contribution is 2.23. The van der Waals surface area contributed by atoms with Gasteiger partial charge in [-0.15, -0.1) is 11.8 Å². The SMILES string of the molecule is CNC(=O)CSCC(=O)NCCN1C(=O)c2ccc(C)cc2C1=O. The Morgan fingerprint density at radius 1 is 1.08 bits per heavy atom. The van der Waals surface area contributed by atoms with Crippen LogP contribution < -0.4 is 10.6 Å². The first-order valence-electron chi connectivity index (χ1n) is 7.46. The first-order chi connectivity index (χ1) is 11.4. The number of benzene rings is 1. The monoisotopic (exact) mass is 349 g/mol. The molecular formula is C16H19N3O4S. The Morgan fingerprint density at radius 3 is 2.46 bits per heavy atom. The van der Waals surface area contributed by atoms with Crippen LogP contribution >= 0.6 is 11.8 Å². The van der Waals surface area contributed by atoms with Gasteiger partial charge >= 0.3 is 0 Å². The number of thioether (sulfide) groups is 1. The maximum atomic E-state index is 12.3. The van der Waals surface area contributed by atoms with Gasteiger partial charge < -0.3 is 10.6 Å². The highest BCUT2D eigenvalue weighted by molar-refractivity contribution is 8.00. The zero-order chi connectivity index (χ0) is 17.7. The van der Waals surface area contributed by atoms with E-state index in [4.69, 9.17) is 0 Å². The molecule has 0 aliphatic carbocycles. The lowest BCUT2D eigenvalue weighted by molar-refractivity contribution is -0.118. The molecule has 0 aromatic heterocycles. The summed E-state index contributed by atoms with van der Waals surface area (Å²) < 4.78 is 0. The van der Waals surface area contributed by atoms with Crippen molar-refractivity contribution in [2.45, 2.75) is 6.92 Å². The molecule has 24 heavy (non-hydrogen) atoms. The second-order valence-corrected chi connectivity index (χ2v) is 6.31. The third kappa shape index (κ3) is 4.14. The van der Waals surface area contributed by atoms with Gasteiger partial charge in [-0.05, 0) is 19.1 Å². The zero-order valence-electron chi connectivity index (χ0n) is 13.5. The van der Waals surface area contributed by atoms with Gasteiger partial charge in [0.2, 0.25) is 11.8 Å². The van der Waals surface area contributed by atoms with Crippen LogP contribution in [0.25, 0.3) is 0 Å². The Kier molecular flexibility index (Phi) is 5.97. The van der Waals surface area contributed by atoms with Gasteiger partial charge in [0.15, 0.2) is 0 Å². The number of carbonyl (C=O) groups excluding carboxylic acids is 4. The topological polar surface area (TPSA) is 95.6 Å². The molecule has 7 nitrogen and oxygen atoms in total. The van der Waals surface area contributed by atoms with E-state index >= 15 is 0 Å². The van der Waals surface area contributed by atoms with Gasteiger partial charge in [0.25, 0.3) is 11.8 Å². The minimum Gasteiger partial charge on any atom is -0.358 e. The van der Waals surface area contributed by atoms with Crippen molar-refractivity contribution >= 4 is 35.4 Å². The third-order valence-corrected chi connectivity index (χ3v) is 4.46. The fourth-order valence-corrected chi connectivity index (χ4v) is 2.99. The van der Waals surface area contributed by atoms with Gasteiger partial charge in [-0.3, -0.25) is 24.1 Å². The summed E-state index contributed by atoms with van der Waals surface area (Å²) in [6.07, 6.45) is 0. The molecule has 1 aliphatic heterocycles. The van der Waals surface area contributed by atoms with E-state index in [-0.39, 0.29) is 48.2 Å². The Hall–Kier alpha value is -2.35. The van der Waals surface area contributed by atoms with Crippen molar-refractivity contribution in [3.63, 3.8) is 0 Å². The van der Waals surface area contributed by atoms with E-state index in [0.717, 1.165) is 10.5 Å². The molecule has 0 fully saturated rings. The van der Waals surface area contributed by atoms with Crippen molar-refractivity contribution in [1.82, 2.24) is 15.5 Å². The smallest absolute Gasteiger partial charge is 0.261 e. The fraction of sp³-hybridized carbons (Fsp3) is 0.375. The Labute approximate surface area is 144 Å². The van der Waals surface area contributed by atoms with E-state index in [9.17, 15) is 19.2 Å². The number of rotatable bonds is 7. The van der Waals surface area contributed by atoms with Crippen LogP contribution in [0.4, 0.5) is 0 Å². The number of aryl methyl sites for hydroxylation is 1. The van der Waals surface area contributed by atoms with Gasteiger partial charge in [-0.25, -0.2) is 0 Å². The van der Waals surface area contributed by atoms with Gasteiger partial charge in [-0.2, -0.15) is 0 Å². The highest BCUT2D eigenvalue weighted by atomic mass is 32.2. The number of carbonyl (C=O) groups is 4. The molecule has 0 unspecified atom stereocenters. The number of hydrogen-bond donors (Lipinski definition) is 2. The normalized spacial score (nSPS) is 13.0. The highest BCUT2D eigenvalue weighted by Gasteiger charge is 2.34. The van der Waals surface area contributed by atoms with E-state index in [2.05, 4.69) is 10.6 Å². The number of hydrogen-bond acceptors (Lipinski definition) is 5. The summed E-state index contributed by atoms with van der Waals surface area (Å²) in [6.45, 7) is 2.17. The number of imide groups is 1. The molecule has 2 rings (SSSR count). The van der Waals surface area contributed by atoms with Gasteiger partial charge in [-0.1, -0.05) is 11.6 Å². The maximum Gasteiger partial charge on any atom is 0.261 e. The van der Waals surface area contributed by atoms with Crippen LogP contribution in [0.1, 0.15) is 26.3 Å². The summed E-state index contributed by atoms with van der Waals surface area (Å²) >= 11 is 1.20. The number of amides is 4. The molecular weight excluding hydrogens is 330 g/mol. The van der Waals surface area contributed by atoms with Crippen LogP contribution in [0.2, 0.25) is 0 Å². The maximum absolute atomic E-state index is 12.3. The van der Waals surface area contributed by atoms with Crippen LogP contribution in [-0.4, -0.2) is 60.2 Å². The van der Waals surface area contributed by atoms with Crippen molar-refractivity contribution < 1.29 is 19.2 Å². The summed E-state index contributed by atoms with van der Waals surface area (Å²) in [6, 6.07) is 5.14. The molecule has 1 aromatic carbocycles. The molecule has 0 atom stereocenters. The lowest BCUT2D eigenvalue weighted by Crippen LogP contribution is -2.38. The molecule has 1 heterocycles. The van der Waals surface area contributed by atoms with E-state index < -0.39 is 0 Å². The van der Waals surface area contributed by atoms with Gasteiger partial charge in [0.05, 0.1) is 22.6 Å². The molecule has 2 N–H and O–H groups in total. The molecule has 0 saturated heterocycles. The predicted octanol–water partition coefficient (Wildman–Crippen LogP) is 0.186. The van der Waals surface area contributed by atoms with E-state index in [1.165, 1.54) is 18.8 Å². The van der Waals surface area contributed by atoms with Crippen molar-refractivity contribution in [3.05, 3.63) is 34.9 Å². The summed E-state index contributed by atoms with van der Waals surface area (Å²) in [5.41, 5.74) is 1.73. The molecule has 128 valence electrons. The predicted molar refractivity (Wildman–Crippen MR) is 90.9 cm³/mol. The Balaban J connectivity index is 1.79. The van der Waals surface area contributed by atoms with Crippen LogP contribution in [0, 0.1) is 6.92 Å². The zero-order valence-corrected chi connectivity index (χ0v) is 14.4. The third-order valence-electron chi connectivity index (χ3n) is 3.53. The summed E-state index contributed by atoms with van der Waals surface area (Å²) in [5.74, 6) is -0.693. The summed E-state index contributed by atoms with van der Waals surface area (Å²) in [7, 11) is 1.53. The average Bonchev–Trinajstić information content (AvgIpc) is 2.79. The minimum absolute atomic E-state index is 0.122. The average molecular weight is 349 g/mol. The molecule has 1 aliphatic rings.